The summed E-state index contributed by atoms with van der Waals surface area (Å²) in [7, 11) is 0. The van der Waals surface area contributed by atoms with Crippen LogP contribution in [0, 0.1) is 0 Å². The van der Waals surface area contributed by atoms with E-state index >= 15 is 0 Å². The van der Waals surface area contributed by atoms with Gasteiger partial charge in [0.1, 0.15) is 0 Å². The molecule has 0 spiro atoms. The monoisotopic (exact) mass is 379 g/mol. The summed E-state index contributed by atoms with van der Waals surface area (Å²) in [5.41, 5.74) is 1.11. The van der Waals surface area contributed by atoms with Crippen LogP contribution in [-0.2, 0) is 9.59 Å². The Bertz CT molecular complexity index is 596. The molecule has 2 unspecified atom stereocenters. The molecule has 2 heterocycles. The van der Waals surface area contributed by atoms with Crippen LogP contribution in [0.2, 0.25) is 0 Å². The van der Waals surface area contributed by atoms with E-state index in [-0.39, 0.29) is 36.2 Å². The van der Waals surface area contributed by atoms with Gasteiger partial charge in [-0.25, -0.2) is 0 Å². The molecule has 2 fully saturated rings. The molecule has 1 aromatic carbocycles. The minimum absolute atomic E-state index is 0. The van der Waals surface area contributed by atoms with Gasteiger partial charge in [0.15, 0.2) is 0 Å². The summed E-state index contributed by atoms with van der Waals surface area (Å²) in [5, 5.41) is 3.12. The number of likely N-dealkylation sites (tertiary alicyclic amines) is 1. The molecular formula is C20H30ClN3O2. The van der Waals surface area contributed by atoms with E-state index in [1.807, 2.05) is 28.0 Å². The number of amides is 2. The second-order valence-corrected chi connectivity index (χ2v) is 7.10. The number of rotatable bonds is 5. The maximum atomic E-state index is 13.2. The minimum Gasteiger partial charge on any atom is -0.340 e. The van der Waals surface area contributed by atoms with Gasteiger partial charge >= 0.3 is 0 Å². The summed E-state index contributed by atoms with van der Waals surface area (Å²) < 4.78 is 0. The average molecular weight is 380 g/mol. The second kappa shape index (κ2) is 9.93. The Morgan fingerprint density at radius 3 is 2.73 bits per heavy atom. The third-order valence-corrected chi connectivity index (χ3v) is 5.35. The highest BCUT2D eigenvalue weighted by Crippen LogP contribution is 2.26. The Hall–Kier alpha value is -1.59. The molecule has 0 radical (unpaired) electrons. The van der Waals surface area contributed by atoms with Gasteiger partial charge in [0, 0.05) is 32.2 Å². The fourth-order valence-corrected chi connectivity index (χ4v) is 4.04. The molecule has 2 aliphatic rings. The Morgan fingerprint density at radius 1 is 1.27 bits per heavy atom. The van der Waals surface area contributed by atoms with Gasteiger partial charge in [0.05, 0.1) is 12.5 Å². The number of benzene rings is 1. The average Bonchev–Trinajstić information content (AvgIpc) is 2.67. The predicted octanol–water partition coefficient (Wildman–Crippen LogP) is 2.41. The molecule has 0 saturated carbocycles. The third-order valence-electron chi connectivity index (χ3n) is 5.35. The van der Waals surface area contributed by atoms with E-state index in [4.69, 9.17) is 0 Å². The molecule has 0 aliphatic carbocycles. The number of carbonyl (C=O) groups excluding carboxylic acids is 2. The number of halogens is 1. The van der Waals surface area contributed by atoms with Gasteiger partial charge in [-0.1, -0.05) is 43.7 Å². The predicted molar refractivity (Wildman–Crippen MR) is 106 cm³/mol. The van der Waals surface area contributed by atoms with Crippen LogP contribution >= 0.6 is 12.4 Å². The molecule has 3 rings (SSSR count). The lowest BCUT2D eigenvalue weighted by Gasteiger charge is -2.42. The number of carbonyl (C=O) groups is 2. The summed E-state index contributed by atoms with van der Waals surface area (Å²) in [6.45, 7) is 5.64. The zero-order valence-corrected chi connectivity index (χ0v) is 16.3. The summed E-state index contributed by atoms with van der Waals surface area (Å²) in [5.74, 6) is 0.322. The van der Waals surface area contributed by atoms with E-state index in [0.717, 1.165) is 50.9 Å². The zero-order chi connectivity index (χ0) is 17.6. The third kappa shape index (κ3) is 4.77. The van der Waals surface area contributed by atoms with Crippen molar-refractivity contribution in [3.05, 3.63) is 35.9 Å². The van der Waals surface area contributed by atoms with Crippen molar-refractivity contribution in [2.24, 2.45) is 0 Å². The van der Waals surface area contributed by atoms with Crippen molar-refractivity contribution in [1.29, 1.82) is 0 Å². The lowest BCUT2D eigenvalue weighted by Crippen LogP contribution is -2.57. The van der Waals surface area contributed by atoms with Crippen LogP contribution in [0.3, 0.4) is 0 Å². The molecular weight excluding hydrogens is 350 g/mol. The van der Waals surface area contributed by atoms with Gasteiger partial charge in [0.25, 0.3) is 0 Å². The lowest BCUT2D eigenvalue weighted by atomic mass is 9.91. The number of hydrogen-bond donors (Lipinski definition) is 1. The summed E-state index contributed by atoms with van der Waals surface area (Å²) in [6.07, 6.45) is 3.83. The number of hydrogen-bond acceptors (Lipinski definition) is 3. The number of piperidine rings is 1. The Labute approximate surface area is 162 Å². The Morgan fingerprint density at radius 2 is 2.04 bits per heavy atom. The number of nitrogens with zero attached hydrogens (tertiary/aromatic N) is 2. The van der Waals surface area contributed by atoms with Crippen LogP contribution in [0.15, 0.2) is 30.3 Å². The second-order valence-electron chi connectivity index (χ2n) is 7.10. The first-order chi connectivity index (χ1) is 12.2. The van der Waals surface area contributed by atoms with Gasteiger partial charge in [-0.3, -0.25) is 9.59 Å². The maximum Gasteiger partial charge on any atom is 0.236 e. The van der Waals surface area contributed by atoms with Crippen LogP contribution in [0.1, 0.15) is 44.1 Å². The molecule has 5 nitrogen and oxygen atoms in total. The normalized spacial score (nSPS) is 21.9. The molecule has 1 aromatic rings. The van der Waals surface area contributed by atoms with Gasteiger partial charge in [0.2, 0.25) is 11.8 Å². The highest BCUT2D eigenvalue weighted by molar-refractivity contribution is 5.85. The summed E-state index contributed by atoms with van der Waals surface area (Å²) >= 11 is 0. The van der Waals surface area contributed by atoms with Crippen LogP contribution in [0.5, 0.6) is 0 Å². The van der Waals surface area contributed by atoms with Crippen LogP contribution < -0.4 is 5.32 Å². The minimum atomic E-state index is -0.0660. The first-order valence-corrected chi connectivity index (χ1v) is 9.54. The standard InChI is InChI=1S/C20H29N3O2.ClH/c1-2-7-18(16-8-4-3-5-9-16)20(25)22-12-6-10-17(15-22)23-13-11-21-14-19(23)24;/h3-5,8-9,17-18,21H,2,6-7,10-15H2,1H3;1H. The quantitative estimate of drug-likeness (QED) is 0.854. The largest absolute Gasteiger partial charge is 0.340 e. The lowest BCUT2D eigenvalue weighted by molar-refractivity contribution is -0.141. The number of piperazine rings is 1. The van der Waals surface area contributed by atoms with Gasteiger partial charge in [-0.05, 0) is 24.8 Å². The van der Waals surface area contributed by atoms with E-state index in [1.54, 1.807) is 0 Å². The molecule has 2 aliphatic heterocycles. The van der Waals surface area contributed by atoms with Crippen molar-refractivity contribution in [2.45, 2.75) is 44.6 Å². The van der Waals surface area contributed by atoms with Crippen molar-refractivity contribution in [3.63, 3.8) is 0 Å². The van der Waals surface area contributed by atoms with Gasteiger partial charge in [-0.2, -0.15) is 0 Å². The SMILES string of the molecule is CCCC(C(=O)N1CCCC(N2CCNCC2=O)C1)c1ccccc1.Cl. The molecule has 2 atom stereocenters. The molecule has 0 bridgehead atoms. The van der Waals surface area contributed by atoms with E-state index in [1.165, 1.54) is 0 Å². The molecule has 6 heteroatoms. The van der Waals surface area contributed by atoms with Crippen molar-refractivity contribution >= 4 is 24.2 Å². The molecule has 144 valence electrons. The van der Waals surface area contributed by atoms with Crippen LogP contribution in [-0.4, -0.2) is 60.4 Å². The van der Waals surface area contributed by atoms with E-state index in [0.29, 0.717) is 13.1 Å². The zero-order valence-electron chi connectivity index (χ0n) is 15.5. The topological polar surface area (TPSA) is 52.7 Å². The summed E-state index contributed by atoms with van der Waals surface area (Å²) in [4.78, 5) is 29.4. The van der Waals surface area contributed by atoms with Crippen molar-refractivity contribution in [1.82, 2.24) is 15.1 Å². The van der Waals surface area contributed by atoms with Crippen molar-refractivity contribution < 1.29 is 9.59 Å². The molecule has 2 saturated heterocycles. The van der Waals surface area contributed by atoms with E-state index in [9.17, 15) is 9.59 Å². The Balaban J connectivity index is 0.00000243. The summed E-state index contributed by atoms with van der Waals surface area (Å²) in [6, 6.07) is 10.3. The first kappa shape index (κ1) is 20.7. The number of nitrogens with one attached hydrogen (secondary N) is 1. The fourth-order valence-electron chi connectivity index (χ4n) is 4.04. The van der Waals surface area contributed by atoms with Crippen LogP contribution in [0.25, 0.3) is 0 Å². The van der Waals surface area contributed by atoms with Crippen molar-refractivity contribution in [3.8, 4) is 0 Å². The highest BCUT2D eigenvalue weighted by Gasteiger charge is 2.34. The Kier molecular flexibility index (Phi) is 7.91. The van der Waals surface area contributed by atoms with Gasteiger partial charge in [-0.15, -0.1) is 12.4 Å². The van der Waals surface area contributed by atoms with Crippen LogP contribution in [0.4, 0.5) is 0 Å². The van der Waals surface area contributed by atoms with E-state index in [2.05, 4.69) is 24.4 Å². The van der Waals surface area contributed by atoms with E-state index < -0.39 is 0 Å². The fraction of sp³-hybridized carbons (Fsp3) is 0.600. The van der Waals surface area contributed by atoms with Crippen molar-refractivity contribution in [2.75, 3.05) is 32.7 Å². The molecule has 26 heavy (non-hydrogen) atoms. The molecule has 2 amide bonds. The first-order valence-electron chi connectivity index (χ1n) is 9.54. The highest BCUT2D eigenvalue weighted by atomic mass is 35.5. The maximum absolute atomic E-state index is 13.2. The molecule has 0 aromatic heterocycles. The molecule has 1 N–H and O–H groups in total. The van der Waals surface area contributed by atoms with Gasteiger partial charge < -0.3 is 15.1 Å². The smallest absolute Gasteiger partial charge is 0.236 e.